The molecule has 4 rings (SSSR count). The minimum absolute atomic E-state index is 0.0177. The Hall–Kier alpha value is -4.37. The number of fused-ring (bicyclic) bond motifs is 1. The number of ketones is 2. The van der Waals surface area contributed by atoms with Crippen LogP contribution in [0.25, 0.3) is 0 Å². The highest BCUT2D eigenvalue weighted by atomic mass is 16.8. The summed E-state index contributed by atoms with van der Waals surface area (Å²) < 4.78 is 23.4. The quantitative estimate of drug-likeness (QED) is 0.132. The van der Waals surface area contributed by atoms with Crippen molar-refractivity contribution in [2.45, 2.75) is 121 Å². The first-order valence-corrected chi connectivity index (χ1v) is 18.7. The number of ether oxygens (including phenoxy) is 4. The number of carbonyl (C=O) groups is 5. The number of hydrogen-bond acceptors (Lipinski definition) is 10. The average Bonchev–Trinajstić information content (AvgIpc) is 3.58. The largest absolute Gasteiger partial charge is 0.444 e. The first kappa shape index (κ1) is 42.4. The zero-order chi connectivity index (χ0) is 39.5. The molecule has 296 valence electrons. The summed E-state index contributed by atoms with van der Waals surface area (Å²) in [5.74, 6) is -2.43. The summed E-state index contributed by atoms with van der Waals surface area (Å²) in [5.41, 5.74) is 13.2. The van der Waals surface area contributed by atoms with Crippen LogP contribution >= 0.6 is 0 Å². The van der Waals surface area contributed by atoms with Crippen LogP contribution in [0.2, 0.25) is 0 Å². The van der Waals surface area contributed by atoms with Gasteiger partial charge in [0.2, 0.25) is 5.91 Å². The molecule has 2 aliphatic rings. The van der Waals surface area contributed by atoms with Crippen molar-refractivity contribution in [1.82, 2.24) is 16.0 Å². The third kappa shape index (κ3) is 13.5. The van der Waals surface area contributed by atoms with Crippen LogP contribution in [0.4, 0.5) is 9.59 Å². The predicted molar refractivity (Wildman–Crippen MR) is 201 cm³/mol. The first-order valence-electron chi connectivity index (χ1n) is 18.7. The van der Waals surface area contributed by atoms with E-state index in [1.165, 1.54) is 0 Å². The van der Waals surface area contributed by atoms with Crippen molar-refractivity contribution in [3.05, 3.63) is 71.3 Å². The molecule has 7 N–H and O–H groups in total. The maximum Gasteiger partial charge on any atom is 0.407 e. The lowest BCUT2D eigenvalue weighted by Crippen LogP contribution is -2.45. The lowest BCUT2D eigenvalue weighted by Gasteiger charge is -2.24. The van der Waals surface area contributed by atoms with Crippen LogP contribution < -0.4 is 27.4 Å². The number of carbonyl (C=O) groups excluding carboxylic acids is 5. The zero-order valence-electron chi connectivity index (χ0n) is 32.1. The second-order valence-corrected chi connectivity index (χ2v) is 15.5. The van der Waals surface area contributed by atoms with Gasteiger partial charge < -0.3 is 46.4 Å². The molecule has 0 aliphatic carbocycles. The minimum Gasteiger partial charge on any atom is -0.444 e. The monoisotopic (exact) mass is 751 g/mol. The Labute approximate surface area is 317 Å². The van der Waals surface area contributed by atoms with E-state index in [1.807, 2.05) is 68.4 Å². The van der Waals surface area contributed by atoms with Gasteiger partial charge in [0.05, 0.1) is 18.2 Å². The van der Waals surface area contributed by atoms with Gasteiger partial charge in [-0.25, -0.2) is 9.59 Å². The fourth-order valence-corrected chi connectivity index (χ4v) is 6.76. The van der Waals surface area contributed by atoms with Crippen molar-refractivity contribution < 1.29 is 42.9 Å². The van der Waals surface area contributed by atoms with Gasteiger partial charge in [-0.1, -0.05) is 54.6 Å². The Morgan fingerprint density at radius 3 is 2.15 bits per heavy atom. The molecule has 2 unspecified atom stereocenters. The minimum atomic E-state index is -0.881. The van der Waals surface area contributed by atoms with E-state index in [-0.39, 0.29) is 62.9 Å². The van der Waals surface area contributed by atoms with Gasteiger partial charge in [0, 0.05) is 44.8 Å². The second kappa shape index (κ2) is 19.3. The summed E-state index contributed by atoms with van der Waals surface area (Å²) in [7, 11) is 0. The van der Waals surface area contributed by atoms with Crippen LogP contribution in [-0.4, -0.2) is 91.1 Å². The van der Waals surface area contributed by atoms with Gasteiger partial charge in [-0.3, -0.25) is 14.4 Å². The maximum atomic E-state index is 14.0. The van der Waals surface area contributed by atoms with Gasteiger partial charge in [-0.05, 0) is 77.0 Å². The molecule has 2 aromatic rings. The fourth-order valence-electron chi connectivity index (χ4n) is 6.76. The van der Waals surface area contributed by atoms with Gasteiger partial charge in [0.15, 0.2) is 11.6 Å². The lowest BCUT2D eigenvalue weighted by atomic mass is 9.90. The van der Waals surface area contributed by atoms with Gasteiger partial charge in [0.1, 0.15) is 23.6 Å². The summed E-state index contributed by atoms with van der Waals surface area (Å²) in [5, 5.41) is 8.21. The Bertz CT molecular complexity index is 1580. The number of hydrogen-bond donors (Lipinski definition) is 5. The maximum absolute atomic E-state index is 14.0. The van der Waals surface area contributed by atoms with E-state index in [9.17, 15) is 24.0 Å². The van der Waals surface area contributed by atoms with Crippen LogP contribution in [0.3, 0.4) is 0 Å². The van der Waals surface area contributed by atoms with Crippen LogP contribution in [0, 0.1) is 5.92 Å². The van der Waals surface area contributed by atoms with Crippen LogP contribution in [0.1, 0.15) is 77.0 Å². The molecule has 0 bridgehead atoms. The Morgan fingerprint density at radius 2 is 1.52 bits per heavy atom. The van der Waals surface area contributed by atoms with Crippen LogP contribution in [0.5, 0.6) is 0 Å². The zero-order valence-corrected chi connectivity index (χ0v) is 32.1. The molecule has 54 heavy (non-hydrogen) atoms. The number of Topliss-reactive ketones (excluding diaryl/α,β-unsaturated/α-hetero) is 2. The molecule has 14 heteroatoms. The molecule has 0 radical (unpaired) electrons. The van der Waals surface area contributed by atoms with Crippen molar-refractivity contribution in [2.24, 2.45) is 17.4 Å². The molecule has 2 fully saturated rings. The van der Waals surface area contributed by atoms with Crippen molar-refractivity contribution in [2.75, 3.05) is 19.6 Å². The number of nitrogens with one attached hydrogen (secondary N) is 3. The smallest absolute Gasteiger partial charge is 0.407 e. The topological polar surface area (TPSA) is 210 Å². The highest BCUT2D eigenvalue weighted by Gasteiger charge is 2.54. The van der Waals surface area contributed by atoms with E-state index < -0.39 is 59.7 Å². The van der Waals surface area contributed by atoms with Gasteiger partial charge in [-0.2, -0.15) is 0 Å². The molecule has 2 heterocycles. The third-order valence-electron chi connectivity index (χ3n) is 9.23. The molecule has 2 aliphatic heterocycles. The first-order chi connectivity index (χ1) is 25.5. The van der Waals surface area contributed by atoms with Gasteiger partial charge in [0.25, 0.3) is 0 Å². The summed E-state index contributed by atoms with van der Waals surface area (Å²) in [4.78, 5) is 64.7. The number of alkyl carbamates (subject to hydrolysis) is 1. The van der Waals surface area contributed by atoms with Crippen molar-refractivity contribution in [3.8, 4) is 0 Å². The Balaban J connectivity index is 1.42. The normalized spacial score (nSPS) is 21.4. The van der Waals surface area contributed by atoms with Crippen LogP contribution in [0.15, 0.2) is 54.6 Å². The fraction of sp³-hybridized carbons (Fsp3) is 0.575. The van der Waals surface area contributed by atoms with E-state index in [2.05, 4.69) is 16.0 Å². The SMILES string of the molecule is CC(C)(C)OC(=O)NCCc1ccc(CC(=O)[C@@H](CCCNC(N)=O)NC(=O)[C@H](CC(=O)C[C@@H]2O[C@H](CN)C3OC(C)(C)OC32)Cc2ccccc2)cc1. The number of nitrogens with two attached hydrogens (primary N) is 2. The molecule has 0 spiro atoms. The number of benzene rings is 2. The lowest BCUT2D eigenvalue weighted by molar-refractivity contribution is -0.186. The van der Waals surface area contributed by atoms with E-state index in [0.29, 0.717) is 19.4 Å². The molecule has 6 atom stereocenters. The summed E-state index contributed by atoms with van der Waals surface area (Å²) >= 11 is 0. The van der Waals surface area contributed by atoms with Crippen molar-refractivity contribution >= 4 is 29.6 Å². The third-order valence-corrected chi connectivity index (χ3v) is 9.23. The Kier molecular flexibility index (Phi) is 15.1. The molecule has 0 aromatic heterocycles. The Morgan fingerprint density at radius 1 is 0.870 bits per heavy atom. The average molecular weight is 752 g/mol. The highest BCUT2D eigenvalue weighted by molar-refractivity contribution is 5.93. The molecule has 2 saturated heterocycles. The molecule has 4 amide bonds. The number of amides is 4. The number of urea groups is 1. The summed E-state index contributed by atoms with van der Waals surface area (Å²) in [6, 6.07) is 15.3. The molecule has 14 nitrogen and oxygen atoms in total. The van der Waals surface area contributed by atoms with E-state index in [1.54, 1.807) is 20.8 Å². The molecule has 2 aromatic carbocycles. The standard InChI is InChI=1S/C40H57N5O9/c1-39(2,3)54-38(50)44-19-17-25-13-15-27(16-14-25)21-31(47)30(12-9-18-43-37(42)49)45-36(48)28(20-26-10-7-6-8-11-26)22-29(46)23-32-34-35(33(24-41)51-32)53-40(4,5)52-34/h6-8,10-11,13-16,28,30,32-35H,9,12,17-24,41H2,1-5H3,(H,44,50)(H,45,48)(H3,42,43,49)/t28-,30+,32-,33+,34?,35?/m0/s1. The summed E-state index contributed by atoms with van der Waals surface area (Å²) in [6.07, 6.45) is -0.849. The van der Waals surface area contributed by atoms with Crippen molar-refractivity contribution in [3.63, 3.8) is 0 Å². The molecular weight excluding hydrogens is 694 g/mol. The predicted octanol–water partition coefficient (Wildman–Crippen LogP) is 3.25. The van der Waals surface area contributed by atoms with Crippen molar-refractivity contribution in [1.29, 1.82) is 0 Å². The second-order valence-electron chi connectivity index (χ2n) is 15.5. The molecular formula is C40H57N5O9. The highest BCUT2D eigenvalue weighted by Crippen LogP contribution is 2.39. The number of rotatable bonds is 19. The molecule has 0 saturated carbocycles. The summed E-state index contributed by atoms with van der Waals surface area (Å²) in [6.45, 7) is 9.84. The van der Waals surface area contributed by atoms with E-state index in [4.69, 9.17) is 30.4 Å². The number of primary amides is 1. The van der Waals surface area contributed by atoms with E-state index >= 15 is 0 Å². The van der Waals surface area contributed by atoms with Gasteiger partial charge in [-0.15, -0.1) is 0 Å². The van der Waals surface area contributed by atoms with Gasteiger partial charge >= 0.3 is 12.1 Å². The van der Waals surface area contributed by atoms with Crippen LogP contribution in [-0.2, 0) is 52.6 Å². The van der Waals surface area contributed by atoms with E-state index in [0.717, 1.165) is 16.7 Å².